The van der Waals surface area contributed by atoms with Gasteiger partial charge in [0.1, 0.15) is 5.75 Å². The molecule has 4 nitrogen and oxygen atoms in total. The third-order valence-electron chi connectivity index (χ3n) is 2.52. The summed E-state index contributed by atoms with van der Waals surface area (Å²) >= 11 is 6.61. The number of nitrogens with one attached hydrogen (secondary N) is 1. The van der Waals surface area contributed by atoms with Crippen molar-refractivity contribution >= 4 is 37.5 Å². The molecule has 0 unspecified atom stereocenters. The minimum absolute atomic E-state index is 0.197. The maximum Gasteiger partial charge on any atom is 0.237 e. The van der Waals surface area contributed by atoms with E-state index in [4.69, 9.17) is 4.74 Å². The summed E-state index contributed by atoms with van der Waals surface area (Å²) in [7, 11) is 1.58. The zero-order valence-electron chi connectivity index (χ0n) is 10.2. The molecule has 0 saturated carbocycles. The first-order valence-corrected chi connectivity index (χ1v) is 7.10. The summed E-state index contributed by atoms with van der Waals surface area (Å²) < 4.78 is 6.47. The lowest BCUT2D eigenvalue weighted by Crippen LogP contribution is -2.02. The summed E-state index contributed by atoms with van der Waals surface area (Å²) in [5.41, 5.74) is 1.84. The van der Waals surface area contributed by atoms with E-state index < -0.39 is 0 Å². The maximum absolute atomic E-state index is 9.65. The second kappa shape index (κ2) is 6.25. The average Bonchev–Trinajstić information content (AvgIpc) is 2.42. The zero-order valence-corrected chi connectivity index (χ0v) is 13.3. The van der Waals surface area contributed by atoms with Gasteiger partial charge in [-0.25, -0.2) is 4.98 Å². The van der Waals surface area contributed by atoms with Crippen LogP contribution >= 0.6 is 31.9 Å². The molecular formula is C13H12Br2N2O2. The van der Waals surface area contributed by atoms with Crippen molar-refractivity contribution in [2.45, 2.75) is 6.54 Å². The van der Waals surface area contributed by atoms with E-state index in [2.05, 4.69) is 42.2 Å². The molecule has 2 aromatic rings. The highest BCUT2D eigenvalue weighted by molar-refractivity contribution is 9.11. The molecule has 100 valence electrons. The predicted molar refractivity (Wildman–Crippen MR) is 81.6 cm³/mol. The molecule has 1 aromatic heterocycles. The summed E-state index contributed by atoms with van der Waals surface area (Å²) in [6, 6.07) is 7.45. The van der Waals surface area contributed by atoms with Gasteiger partial charge in [-0.2, -0.15) is 0 Å². The number of anilines is 1. The van der Waals surface area contributed by atoms with Crippen LogP contribution in [0.5, 0.6) is 11.6 Å². The molecule has 0 bridgehead atoms. The third kappa shape index (κ3) is 3.39. The number of hydrogen-bond donors (Lipinski definition) is 2. The minimum atomic E-state index is 0.197. The lowest BCUT2D eigenvalue weighted by Gasteiger charge is -2.11. The molecule has 0 aliphatic rings. The molecule has 0 aliphatic heterocycles. The highest BCUT2D eigenvalue weighted by Gasteiger charge is 2.07. The van der Waals surface area contributed by atoms with E-state index in [-0.39, 0.29) is 5.75 Å². The zero-order chi connectivity index (χ0) is 13.8. The fourth-order valence-corrected chi connectivity index (χ4v) is 2.89. The average molecular weight is 388 g/mol. The molecule has 0 radical (unpaired) electrons. The molecular weight excluding hydrogens is 376 g/mol. The second-order valence-electron chi connectivity index (χ2n) is 3.82. The van der Waals surface area contributed by atoms with E-state index in [0.717, 1.165) is 11.3 Å². The molecule has 0 fully saturated rings. The van der Waals surface area contributed by atoms with Gasteiger partial charge in [0.15, 0.2) is 0 Å². The van der Waals surface area contributed by atoms with Crippen LogP contribution in [0.25, 0.3) is 0 Å². The number of aromatic nitrogens is 1. The first-order valence-electron chi connectivity index (χ1n) is 5.51. The van der Waals surface area contributed by atoms with Gasteiger partial charge in [0.05, 0.1) is 21.7 Å². The Labute approximate surface area is 128 Å². The lowest BCUT2D eigenvalue weighted by molar-refractivity contribution is 0.399. The third-order valence-corrected chi connectivity index (χ3v) is 3.73. The number of rotatable bonds is 4. The number of pyridine rings is 1. The number of phenols is 1. The van der Waals surface area contributed by atoms with Gasteiger partial charge in [-0.15, -0.1) is 0 Å². The number of benzene rings is 1. The Kier molecular flexibility index (Phi) is 4.66. The summed E-state index contributed by atoms with van der Waals surface area (Å²) in [5, 5.41) is 12.9. The Balaban J connectivity index is 2.15. The van der Waals surface area contributed by atoms with Gasteiger partial charge in [-0.1, -0.05) is 0 Å². The van der Waals surface area contributed by atoms with Gasteiger partial charge >= 0.3 is 0 Å². The highest BCUT2D eigenvalue weighted by Crippen LogP contribution is 2.33. The van der Waals surface area contributed by atoms with Gasteiger partial charge in [0.25, 0.3) is 0 Å². The first kappa shape index (κ1) is 14.1. The number of ether oxygens (including phenoxy) is 1. The van der Waals surface area contributed by atoms with E-state index in [9.17, 15) is 5.11 Å². The molecule has 0 amide bonds. The molecule has 6 heteroatoms. The molecule has 0 saturated heterocycles. The Hall–Kier alpha value is -1.27. The highest BCUT2D eigenvalue weighted by atomic mass is 79.9. The number of hydrogen-bond acceptors (Lipinski definition) is 4. The number of halogens is 2. The smallest absolute Gasteiger partial charge is 0.237 e. The van der Waals surface area contributed by atoms with Crippen LogP contribution in [-0.4, -0.2) is 17.2 Å². The van der Waals surface area contributed by atoms with Gasteiger partial charge in [-0.3, -0.25) is 0 Å². The van der Waals surface area contributed by atoms with Gasteiger partial charge in [-0.05, 0) is 61.7 Å². The second-order valence-corrected chi connectivity index (χ2v) is 5.53. The molecule has 1 aromatic carbocycles. The summed E-state index contributed by atoms with van der Waals surface area (Å²) in [5.74, 6) is 0.752. The summed E-state index contributed by atoms with van der Waals surface area (Å²) in [4.78, 5) is 4.12. The van der Waals surface area contributed by atoms with Crippen LogP contribution in [0, 0.1) is 0 Å². The summed E-state index contributed by atoms with van der Waals surface area (Å²) in [6.07, 6.45) is 1.68. The van der Waals surface area contributed by atoms with Crippen LogP contribution in [0.1, 0.15) is 5.56 Å². The van der Waals surface area contributed by atoms with Crippen LogP contribution in [-0.2, 0) is 6.54 Å². The van der Waals surface area contributed by atoms with Crippen LogP contribution in [0.3, 0.4) is 0 Å². The van der Waals surface area contributed by atoms with Crippen molar-refractivity contribution in [2.24, 2.45) is 0 Å². The molecule has 2 N–H and O–H groups in total. The van der Waals surface area contributed by atoms with E-state index in [1.54, 1.807) is 13.3 Å². The number of phenolic OH excluding ortho intramolecular Hbond substituents is 1. The first-order chi connectivity index (χ1) is 9.11. The Morgan fingerprint density at radius 2 is 2.00 bits per heavy atom. The van der Waals surface area contributed by atoms with E-state index >= 15 is 0 Å². The Bertz CT molecular complexity index is 568. The normalized spacial score (nSPS) is 10.3. The predicted octanol–water partition coefficient (Wildman–Crippen LogP) is 3.93. The molecule has 0 atom stereocenters. The van der Waals surface area contributed by atoms with Crippen LogP contribution in [0.2, 0.25) is 0 Å². The minimum Gasteiger partial charge on any atom is -0.506 e. The van der Waals surface area contributed by atoms with E-state index in [0.29, 0.717) is 21.4 Å². The van der Waals surface area contributed by atoms with Gasteiger partial charge in [0.2, 0.25) is 5.88 Å². The van der Waals surface area contributed by atoms with Gasteiger partial charge < -0.3 is 15.2 Å². The Morgan fingerprint density at radius 1 is 1.32 bits per heavy atom. The fourth-order valence-electron chi connectivity index (χ4n) is 1.61. The number of aromatic hydroxyl groups is 1. The van der Waals surface area contributed by atoms with E-state index in [1.165, 1.54) is 0 Å². The van der Waals surface area contributed by atoms with Crippen molar-refractivity contribution in [2.75, 3.05) is 12.4 Å². The summed E-state index contributed by atoms with van der Waals surface area (Å²) in [6.45, 7) is 0.597. The monoisotopic (exact) mass is 386 g/mol. The maximum atomic E-state index is 9.65. The van der Waals surface area contributed by atoms with Gasteiger partial charge in [0, 0.05) is 12.7 Å². The van der Waals surface area contributed by atoms with Crippen molar-refractivity contribution in [3.8, 4) is 11.6 Å². The van der Waals surface area contributed by atoms with Crippen molar-refractivity contribution in [3.63, 3.8) is 0 Å². The van der Waals surface area contributed by atoms with Crippen LogP contribution < -0.4 is 10.1 Å². The number of methoxy groups -OCH3 is 1. The molecule has 2 rings (SSSR count). The van der Waals surface area contributed by atoms with Crippen molar-refractivity contribution in [3.05, 3.63) is 45.0 Å². The standard InChI is InChI=1S/C13H12Br2N2O2/c1-19-13-11(3-2-4-16-13)17-7-8-5-9(14)12(18)10(15)6-8/h2-6,17-18H,7H2,1H3. The van der Waals surface area contributed by atoms with E-state index in [1.807, 2.05) is 24.3 Å². The van der Waals surface area contributed by atoms with Crippen molar-refractivity contribution in [1.29, 1.82) is 0 Å². The van der Waals surface area contributed by atoms with Crippen molar-refractivity contribution < 1.29 is 9.84 Å². The Morgan fingerprint density at radius 3 is 2.63 bits per heavy atom. The number of nitrogens with zero attached hydrogens (tertiary/aromatic N) is 1. The SMILES string of the molecule is COc1ncccc1NCc1cc(Br)c(O)c(Br)c1. The van der Waals surface area contributed by atoms with Crippen molar-refractivity contribution in [1.82, 2.24) is 4.98 Å². The van der Waals surface area contributed by atoms with Crippen LogP contribution in [0.15, 0.2) is 39.4 Å². The molecule has 19 heavy (non-hydrogen) atoms. The fraction of sp³-hybridized carbons (Fsp3) is 0.154. The van der Waals surface area contributed by atoms with Crippen LogP contribution in [0.4, 0.5) is 5.69 Å². The quantitative estimate of drug-likeness (QED) is 0.834. The topological polar surface area (TPSA) is 54.4 Å². The largest absolute Gasteiger partial charge is 0.506 e. The molecule has 0 spiro atoms. The molecule has 1 heterocycles. The molecule has 0 aliphatic carbocycles. The lowest BCUT2D eigenvalue weighted by atomic mass is 10.2.